The molecule has 0 heterocycles. The van der Waals surface area contributed by atoms with E-state index in [1.807, 2.05) is 13.8 Å². The number of anilines is 1. The summed E-state index contributed by atoms with van der Waals surface area (Å²) in [4.78, 5) is 27.6. The highest BCUT2D eigenvalue weighted by atomic mass is 35.5. The lowest BCUT2D eigenvalue weighted by Gasteiger charge is -2.32. The van der Waals surface area contributed by atoms with E-state index in [1.54, 1.807) is 49.4 Å². The Labute approximate surface area is 205 Å². The van der Waals surface area contributed by atoms with Gasteiger partial charge in [-0.15, -0.1) is 0 Å². The van der Waals surface area contributed by atoms with E-state index in [2.05, 4.69) is 5.32 Å². The summed E-state index contributed by atoms with van der Waals surface area (Å²) in [5.41, 5.74) is 0.823. The molecule has 2 aromatic carbocycles. The number of benzene rings is 2. The fourth-order valence-corrected chi connectivity index (χ4v) is 4.45. The van der Waals surface area contributed by atoms with E-state index in [0.29, 0.717) is 10.6 Å². The number of hydrogen-bond acceptors (Lipinski definition) is 4. The average molecular weight is 514 g/mol. The van der Waals surface area contributed by atoms with Crippen LogP contribution in [0.3, 0.4) is 0 Å². The van der Waals surface area contributed by atoms with E-state index in [-0.39, 0.29) is 29.2 Å². The van der Waals surface area contributed by atoms with E-state index < -0.39 is 28.5 Å². The highest BCUT2D eigenvalue weighted by molar-refractivity contribution is 7.92. The Balaban J connectivity index is 2.41. The lowest BCUT2D eigenvalue weighted by Crippen LogP contribution is -2.52. The third kappa shape index (κ3) is 7.35. The number of sulfonamides is 1. The summed E-state index contributed by atoms with van der Waals surface area (Å²) in [7, 11) is -3.84. The average Bonchev–Trinajstić information content (AvgIpc) is 2.76. The van der Waals surface area contributed by atoms with Gasteiger partial charge in [-0.05, 0) is 44.0 Å². The zero-order chi connectivity index (χ0) is 24.8. The quantitative estimate of drug-likeness (QED) is 0.518. The van der Waals surface area contributed by atoms with Crippen LogP contribution < -0.4 is 9.62 Å². The maximum absolute atomic E-state index is 13.5. The van der Waals surface area contributed by atoms with Crippen LogP contribution >= 0.6 is 23.2 Å². The van der Waals surface area contributed by atoms with E-state index in [0.717, 1.165) is 17.0 Å². The molecule has 0 bridgehead atoms. The van der Waals surface area contributed by atoms with Crippen molar-refractivity contribution < 1.29 is 18.0 Å². The van der Waals surface area contributed by atoms with Crippen LogP contribution in [-0.2, 0) is 26.2 Å². The Morgan fingerprint density at radius 3 is 2.12 bits per heavy atom. The molecular weight excluding hydrogens is 485 g/mol. The van der Waals surface area contributed by atoms with Crippen molar-refractivity contribution in [3.05, 3.63) is 64.1 Å². The van der Waals surface area contributed by atoms with Crippen molar-refractivity contribution in [1.82, 2.24) is 10.2 Å². The number of hydrogen-bond donors (Lipinski definition) is 1. The molecule has 1 N–H and O–H groups in total. The minimum atomic E-state index is -3.84. The number of halogens is 2. The van der Waals surface area contributed by atoms with Crippen LogP contribution in [0.15, 0.2) is 48.5 Å². The van der Waals surface area contributed by atoms with Crippen LogP contribution in [0.25, 0.3) is 0 Å². The number of nitrogens with one attached hydrogen (secondary N) is 1. The van der Waals surface area contributed by atoms with Gasteiger partial charge in [-0.25, -0.2) is 8.42 Å². The van der Waals surface area contributed by atoms with Gasteiger partial charge in [0.2, 0.25) is 21.8 Å². The molecule has 0 unspecified atom stereocenters. The van der Waals surface area contributed by atoms with Crippen molar-refractivity contribution in [3.8, 4) is 0 Å². The van der Waals surface area contributed by atoms with Gasteiger partial charge in [0.05, 0.1) is 17.0 Å². The van der Waals surface area contributed by atoms with Crippen LogP contribution in [-0.4, -0.2) is 50.0 Å². The van der Waals surface area contributed by atoms with Gasteiger partial charge in [-0.1, -0.05) is 60.5 Å². The summed E-state index contributed by atoms with van der Waals surface area (Å²) in [6.07, 6.45) is 1.73. The molecule has 0 spiro atoms. The molecule has 2 amide bonds. The number of amides is 2. The van der Waals surface area contributed by atoms with Crippen LogP contribution in [0, 0.1) is 0 Å². The van der Waals surface area contributed by atoms with Gasteiger partial charge in [0, 0.05) is 17.6 Å². The highest BCUT2D eigenvalue weighted by Gasteiger charge is 2.31. The fraction of sp³-hybridized carbons (Fsp3) is 0.391. The first-order valence-corrected chi connectivity index (χ1v) is 13.1. The third-order valence-electron chi connectivity index (χ3n) is 5.27. The molecule has 0 fully saturated rings. The molecule has 0 radical (unpaired) electrons. The number of para-hydroxylation sites is 1. The molecule has 7 nitrogen and oxygen atoms in total. The second kappa shape index (κ2) is 11.7. The highest BCUT2D eigenvalue weighted by Crippen LogP contribution is 2.27. The van der Waals surface area contributed by atoms with Crippen molar-refractivity contribution >= 4 is 50.7 Å². The SMILES string of the molecule is CC[C@@H](C)NC(=O)[C@@H](C)N(Cc1ccccc1Cl)C(=O)CN(c1ccccc1Cl)S(C)(=O)=O. The largest absolute Gasteiger partial charge is 0.352 e. The lowest BCUT2D eigenvalue weighted by molar-refractivity contribution is -0.139. The summed E-state index contributed by atoms with van der Waals surface area (Å²) in [5.74, 6) is -0.902. The molecule has 0 aliphatic heterocycles. The van der Waals surface area contributed by atoms with Crippen molar-refractivity contribution in [2.45, 2.75) is 45.8 Å². The molecule has 0 saturated carbocycles. The molecular formula is C23H29Cl2N3O4S. The Morgan fingerprint density at radius 1 is 1.00 bits per heavy atom. The standard InChI is InChI=1S/C23H29Cl2N3O4S/c1-5-16(2)26-23(30)17(3)27(14-18-10-6-7-11-19(18)24)22(29)15-28(33(4,31)32)21-13-9-8-12-20(21)25/h6-13,16-17H,5,14-15H2,1-4H3,(H,26,30)/t16-,17-/m1/s1. The van der Waals surface area contributed by atoms with Gasteiger partial charge in [-0.3, -0.25) is 13.9 Å². The van der Waals surface area contributed by atoms with Crippen molar-refractivity contribution in [1.29, 1.82) is 0 Å². The van der Waals surface area contributed by atoms with Crippen molar-refractivity contribution in [3.63, 3.8) is 0 Å². The van der Waals surface area contributed by atoms with Crippen LogP contribution in [0.4, 0.5) is 5.69 Å². The third-order valence-corrected chi connectivity index (χ3v) is 7.08. The second-order valence-electron chi connectivity index (χ2n) is 7.83. The fourth-order valence-electron chi connectivity index (χ4n) is 3.11. The maximum atomic E-state index is 13.5. The van der Waals surface area contributed by atoms with Gasteiger partial charge in [0.1, 0.15) is 12.6 Å². The molecule has 0 aromatic heterocycles. The predicted molar refractivity (Wildman–Crippen MR) is 133 cm³/mol. The van der Waals surface area contributed by atoms with Crippen LogP contribution in [0.2, 0.25) is 10.0 Å². The first-order chi connectivity index (χ1) is 15.5. The molecule has 2 rings (SSSR count). The van der Waals surface area contributed by atoms with E-state index in [9.17, 15) is 18.0 Å². The molecule has 180 valence electrons. The van der Waals surface area contributed by atoms with E-state index in [4.69, 9.17) is 23.2 Å². The van der Waals surface area contributed by atoms with Gasteiger partial charge in [0.15, 0.2) is 0 Å². The molecule has 2 atom stereocenters. The smallest absolute Gasteiger partial charge is 0.244 e. The summed E-state index contributed by atoms with van der Waals surface area (Å²) >= 11 is 12.5. The molecule has 0 saturated heterocycles. The number of nitrogens with zero attached hydrogens (tertiary/aromatic N) is 2. The number of carbonyl (C=O) groups is 2. The summed E-state index contributed by atoms with van der Waals surface area (Å²) in [6.45, 7) is 4.93. The predicted octanol–water partition coefficient (Wildman–Crippen LogP) is 4.09. The monoisotopic (exact) mass is 513 g/mol. The van der Waals surface area contributed by atoms with Gasteiger partial charge in [0.25, 0.3) is 0 Å². The number of carbonyl (C=O) groups excluding carboxylic acids is 2. The first kappa shape index (κ1) is 27.0. The normalized spacial score (nSPS) is 13.2. The summed E-state index contributed by atoms with van der Waals surface area (Å²) in [5, 5.41) is 3.50. The van der Waals surface area contributed by atoms with Crippen LogP contribution in [0.1, 0.15) is 32.8 Å². The van der Waals surface area contributed by atoms with Gasteiger partial charge < -0.3 is 10.2 Å². The Bertz CT molecular complexity index is 1090. The molecule has 2 aromatic rings. The maximum Gasteiger partial charge on any atom is 0.244 e. The van der Waals surface area contributed by atoms with Crippen molar-refractivity contribution in [2.24, 2.45) is 0 Å². The van der Waals surface area contributed by atoms with E-state index >= 15 is 0 Å². The Hall–Kier alpha value is -2.29. The zero-order valence-corrected chi connectivity index (χ0v) is 21.4. The van der Waals surface area contributed by atoms with Crippen LogP contribution in [0.5, 0.6) is 0 Å². The molecule has 10 heteroatoms. The minimum absolute atomic E-state index is 0.0354. The minimum Gasteiger partial charge on any atom is -0.352 e. The lowest BCUT2D eigenvalue weighted by atomic mass is 10.1. The Morgan fingerprint density at radius 2 is 1.58 bits per heavy atom. The molecule has 33 heavy (non-hydrogen) atoms. The van der Waals surface area contributed by atoms with E-state index in [1.165, 1.54) is 11.0 Å². The second-order valence-corrected chi connectivity index (χ2v) is 10.5. The number of rotatable bonds is 10. The first-order valence-electron chi connectivity index (χ1n) is 10.5. The zero-order valence-electron chi connectivity index (χ0n) is 19.1. The topological polar surface area (TPSA) is 86.8 Å². The van der Waals surface area contributed by atoms with Gasteiger partial charge in [-0.2, -0.15) is 0 Å². The van der Waals surface area contributed by atoms with Crippen molar-refractivity contribution in [2.75, 3.05) is 17.1 Å². The molecule has 0 aliphatic carbocycles. The summed E-state index contributed by atoms with van der Waals surface area (Å²) < 4.78 is 26.0. The Kier molecular flexibility index (Phi) is 9.57. The van der Waals surface area contributed by atoms with Gasteiger partial charge >= 0.3 is 0 Å². The molecule has 0 aliphatic rings. The summed E-state index contributed by atoms with van der Waals surface area (Å²) in [6, 6.07) is 12.4.